The molecule has 0 atom stereocenters. The van der Waals surface area contributed by atoms with Gasteiger partial charge in [-0.2, -0.15) is 0 Å². The molecule has 3 aliphatic rings. The second kappa shape index (κ2) is 8.47. The zero-order valence-electron chi connectivity index (χ0n) is 16.8. The van der Waals surface area contributed by atoms with Crippen LogP contribution in [0, 0.1) is 5.92 Å². The molecular formula is C21H31N5O2. The summed E-state index contributed by atoms with van der Waals surface area (Å²) >= 11 is 0. The summed E-state index contributed by atoms with van der Waals surface area (Å²) in [6, 6.07) is 3.89. The van der Waals surface area contributed by atoms with Gasteiger partial charge in [-0.15, -0.1) is 0 Å². The molecule has 7 nitrogen and oxygen atoms in total. The molecule has 0 aromatic carbocycles. The van der Waals surface area contributed by atoms with Crippen molar-refractivity contribution >= 4 is 17.6 Å². The Hall–Kier alpha value is -2.15. The van der Waals surface area contributed by atoms with Gasteiger partial charge >= 0.3 is 0 Å². The van der Waals surface area contributed by atoms with Gasteiger partial charge in [0.2, 0.25) is 5.91 Å². The number of piperidine rings is 1. The minimum atomic E-state index is 0.0770. The van der Waals surface area contributed by atoms with E-state index in [2.05, 4.69) is 21.8 Å². The van der Waals surface area contributed by atoms with Gasteiger partial charge in [0.25, 0.3) is 5.91 Å². The van der Waals surface area contributed by atoms with E-state index in [-0.39, 0.29) is 5.91 Å². The molecule has 1 aromatic rings. The summed E-state index contributed by atoms with van der Waals surface area (Å²) in [4.78, 5) is 37.7. The summed E-state index contributed by atoms with van der Waals surface area (Å²) in [5, 5.41) is 0. The van der Waals surface area contributed by atoms with E-state index in [0.29, 0.717) is 23.8 Å². The smallest absolute Gasteiger partial charge is 0.255 e. The molecule has 152 valence electrons. The predicted octanol–water partition coefficient (Wildman–Crippen LogP) is 1.31. The van der Waals surface area contributed by atoms with E-state index >= 15 is 0 Å². The summed E-state index contributed by atoms with van der Waals surface area (Å²) in [6.45, 7) is 7.34. The van der Waals surface area contributed by atoms with Crippen LogP contribution in [0.2, 0.25) is 0 Å². The fourth-order valence-corrected chi connectivity index (χ4v) is 4.45. The Morgan fingerprint density at radius 1 is 1.07 bits per heavy atom. The second-order valence-electron chi connectivity index (χ2n) is 8.37. The molecule has 4 rings (SSSR count). The van der Waals surface area contributed by atoms with Crippen LogP contribution in [0.3, 0.4) is 0 Å². The highest BCUT2D eigenvalue weighted by molar-refractivity contribution is 5.94. The number of hydrogen-bond donors (Lipinski definition) is 0. The molecule has 7 heteroatoms. The van der Waals surface area contributed by atoms with E-state index in [1.54, 1.807) is 6.20 Å². The largest absolute Gasteiger partial charge is 0.354 e. The van der Waals surface area contributed by atoms with Crippen LogP contribution in [-0.2, 0) is 4.79 Å². The molecule has 3 fully saturated rings. The molecular weight excluding hydrogens is 354 g/mol. The number of anilines is 1. The molecule has 3 aliphatic heterocycles. The van der Waals surface area contributed by atoms with E-state index in [4.69, 9.17) is 0 Å². The maximum Gasteiger partial charge on any atom is 0.255 e. The Morgan fingerprint density at radius 3 is 2.43 bits per heavy atom. The van der Waals surface area contributed by atoms with Gasteiger partial charge in [0.1, 0.15) is 5.82 Å². The van der Waals surface area contributed by atoms with Crippen molar-refractivity contribution in [2.24, 2.45) is 5.92 Å². The maximum absolute atomic E-state index is 12.8. The Labute approximate surface area is 167 Å². The molecule has 0 N–H and O–H groups in total. The second-order valence-corrected chi connectivity index (χ2v) is 8.37. The van der Waals surface area contributed by atoms with Crippen molar-refractivity contribution in [2.45, 2.75) is 25.7 Å². The van der Waals surface area contributed by atoms with Gasteiger partial charge < -0.3 is 19.6 Å². The Balaban J connectivity index is 1.28. The number of carbonyl (C=O) groups excluding carboxylic acids is 2. The fraction of sp³-hybridized carbons (Fsp3) is 0.667. The van der Waals surface area contributed by atoms with Crippen molar-refractivity contribution in [2.75, 3.05) is 64.3 Å². The van der Waals surface area contributed by atoms with Gasteiger partial charge in [-0.25, -0.2) is 4.98 Å². The first-order valence-electron chi connectivity index (χ1n) is 10.6. The predicted molar refractivity (Wildman–Crippen MR) is 108 cm³/mol. The number of likely N-dealkylation sites (N-methyl/N-ethyl adjacent to an activating group) is 1. The molecule has 28 heavy (non-hydrogen) atoms. The SMILES string of the molecule is CN1CCN(c2ccc(C(=O)N3CCC(CN4CCCC4=O)CC3)cn2)CC1. The van der Waals surface area contributed by atoms with E-state index in [1.807, 2.05) is 21.9 Å². The third-order valence-corrected chi connectivity index (χ3v) is 6.37. The maximum atomic E-state index is 12.8. The van der Waals surface area contributed by atoms with Gasteiger partial charge in [-0.1, -0.05) is 0 Å². The van der Waals surface area contributed by atoms with Crippen molar-refractivity contribution in [1.29, 1.82) is 0 Å². The molecule has 0 saturated carbocycles. The average molecular weight is 386 g/mol. The number of nitrogens with zero attached hydrogens (tertiary/aromatic N) is 5. The summed E-state index contributed by atoms with van der Waals surface area (Å²) in [7, 11) is 2.14. The molecule has 0 spiro atoms. The third kappa shape index (κ3) is 4.29. The van der Waals surface area contributed by atoms with E-state index in [9.17, 15) is 9.59 Å². The molecule has 2 amide bonds. The van der Waals surface area contributed by atoms with Crippen LogP contribution in [0.25, 0.3) is 0 Å². The van der Waals surface area contributed by atoms with Crippen LogP contribution in [0.1, 0.15) is 36.0 Å². The summed E-state index contributed by atoms with van der Waals surface area (Å²) < 4.78 is 0. The number of rotatable bonds is 4. The Morgan fingerprint density at radius 2 is 1.82 bits per heavy atom. The highest BCUT2D eigenvalue weighted by atomic mass is 16.2. The normalized spacial score (nSPS) is 22.2. The molecule has 4 heterocycles. The van der Waals surface area contributed by atoms with Crippen molar-refractivity contribution < 1.29 is 9.59 Å². The number of carbonyl (C=O) groups is 2. The van der Waals surface area contributed by atoms with Gasteiger partial charge in [0, 0.05) is 65.0 Å². The Bertz CT molecular complexity index is 691. The van der Waals surface area contributed by atoms with E-state index in [0.717, 1.165) is 77.4 Å². The first kappa shape index (κ1) is 19.2. The standard InChI is InChI=1S/C21H31N5O2/c1-23-11-13-24(14-12-23)19-5-4-18(15-22-19)21(28)25-9-6-17(7-10-25)16-26-8-2-3-20(26)27/h4-5,15,17H,2-3,6-14,16H2,1H3. The highest BCUT2D eigenvalue weighted by Crippen LogP contribution is 2.23. The lowest BCUT2D eigenvalue weighted by Crippen LogP contribution is -2.44. The molecule has 0 radical (unpaired) electrons. The van der Waals surface area contributed by atoms with Crippen LogP contribution >= 0.6 is 0 Å². The number of amides is 2. The molecule has 3 saturated heterocycles. The monoisotopic (exact) mass is 385 g/mol. The van der Waals surface area contributed by atoms with Gasteiger partial charge in [0.15, 0.2) is 0 Å². The first-order chi connectivity index (χ1) is 13.6. The van der Waals surface area contributed by atoms with E-state index in [1.165, 1.54) is 0 Å². The number of piperazine rings is 1. The number of aromatic nitrogens is 1. The van der Waals surface area contributed by atoms with Crippen LogP contribution in [0.4, 0.5) is 5.82 Å². The van der Waals surface area contributed by atoms with Crippen molar-refractivity contribution in [3.05, 3.63) is 23.9 Å². The summed E-state index contributed by atoms with van der Waals surface area (Å²) in [6.07, 6.45) is 5.37. The number of hydrogen-bond acceptors (Lipinski definition) is 5. The van der Waals surface area contributed by atoms with Crippen molar-refractivity contribution in [3.63, 3.8) is 0 Å². The van der Waals surface area contributed by atoms with Gasteiger partial charge in [0.05, 0.1) is 5.56 Å². The lowest BCUT2D eigenvalue weighted by atomic mass is 9.96. The van der Waals surface area contributed by atoms with Gasteiger partial charge in [-0.05, 0) is 44.4 Å². The minimum absolute atomic E-state index is 0.0770. The Kier molecular flexibility index (Phi) is 5.80. The zero-order chi connectivity index (χ0) is 19.5. The summed E-state index contributed by atoms with van der Waals surface area (Å²) in [5.41, 5.74) is 0.672. The minimum Gasteiger partial charge on any atom is -0.354 e. The van der Waals surface area contributed by atoms with Crippen LogP contribution in [-0.4, -0.2) is 90.9 Å². The fourth-order valence-electron chi connectivity index (χ4n) is 4.45. The number of likely N-dealkylation sites (tertiary alicyclic amines) is 2. The van der Waals surface area contributed by atoms with Crippen molar-refractivity contribution in [1.82, 2.24) is 19.7 Å². The van der Waals surface area contributed by atoms with Crippen LogP contribution in [0.5, 0.6) is 0 Å². The van der Waals surface area contributed by atoms with E-state index < -0.39 is 0 Å². The number of pyridine rings is 1. The first-order valence-corrected chi connectivity index (χ1v) is 10.6. The molecule has 1 aromatic heterocycles. The molecule has 0 aliphatic carbocycles. The van der Waals surface area contributed by atoms with Crippen LogP contribution < -0.4 is 4.90 Å². The lowest BCUT2D eigenvalue weighted by molar-refractivity contribution is -0.128. The zero-order valence-corrected chi connectivity index (χ0v) is 16.8. The molecule has 0 bridgehead atoms. The quantitative estimate of drug-likeness (QED) is 0.782. The third-order valence-electron chi connectivity index (χ3n) is 6.37. The lowest BCUT2D eigenvalue weighted by Gasteiger charge is -2.34. The van der Waals surface area contributed by atoms with Crippen molar-refractivity contribution in [3.8, 4) is 0 Å². The highest BCUT2D eigenvalue weighted by Gasteiger charge is 2.28. The summed E-state index contributed by atoms with van der Waals surface area (Å²) in [5.74, 6) is 1.85. The van der Waals surface area contributed by atoms with Crippen LogP contribution in [0.15, 0.2) is 18.3 Å². The molecule has 0 unspecified atom stereocenters. The van der Waals surface area contributed by atoms with Gasteiger partial charge in [-0.3, -0.25) is 9.59 Å². The topological polar surface area (TPSA) is 60.0 Å². The average Bonchev–Trinajstić information content (AvgIpc) is 3.13.